The molecule has 1 rings (SSSR count). The van der Waals surface area contributed by atoms with Gasteiger partial charge in [0.15, 0.2) is 0 Å². The zero-order valence-corrected chi connectivity index (χ0v) is 8.45. The van der Waals surface area contributed by atoms with Gasteiger partial charge in [-0.1, -0.05) is 6.08 Å². The highest BCUT2D eigenvalue weighted by atomic mass is 16.3. The highest BCUT2D eigenvalue weighted by Gasteiger charge is 2.18. The molecule has 1 heterocycles. The van der Waals surface area contributed by atoms with Crippen LogP contribution in [0.3, 0.4) is 0 Å². The number of hydrogen-bond acceptors (Lipinski definition) is 3. The summed E-state index contributed by atoms with van der Waals surface area (Å²) in [6.07, 6.45) is 1.99. The number of hydrogen-bond donors (Lipinski definition) is 1. The third kappa shape index (κ3) is 3.10. The minimum Gasteiger partial charge on any atom is -0.395 e. The number of aliphatic hydroxyl groups excluding tert-OH is 1. The third-order valence-corrected chi connectivity index (χ3v) is 2.74. The Kier molecular flexibility index (Phi) is 4.42. The Morgan fingerprint density at radius 3 is 2.46 bits per heavy atom. The summed E-state index contributed by atoms with van der Waals surface area (Å²) in [6, 6.07) is 0.483. The molecular formula is C10H20N2O. The van der Waals surface area contributed by atoms with Crippen LogP contribution in [0.1, 0.15) is 6.92 Å². The summed E-state index contributed by atoms with van der Waals surface area (Å²) in [6.45, 7) is 11.4. The van der Waals surface area contributed by atoms with E-state index in [0.29, 0.717) is 6.04 Å². The molecule has 0 aromatic rings. The Labute approximate surface area is 80.6 Å². The van der Waals surface area contributed by atoms with E-state index in [0.717, 1.165) is 32.7 Å². The maximum absolute atomic E-state index is 8.77. The molecule has 13 heavy (non-hydrogen) atoms. The zero-order chi connectivity index (χ0) is 9.68. The average Bonchev–Trinajstić information content (AvgIpc) is 2.18. The summed E-state index contributed by atoms with van der Waals surface area (Å²) in [7, 11) is 0. The number of β-amino-alcohol motifs (C(OH)–C–C–N with tert-alkyl or cyclic N) is 1. The van der Waals surface area contributed by atoms with E-state index in [1.807, 2.05) is 6.08 Å². The molecule has 1 N–H and O–H groups in total. The van der Waals surface area contributed by atoms with Gasteiger partial charge in [0.05, 0.1) is 6.61 Å². The van der Waals surface area contributed by atoms with Crippen molar-refractivity contribution in [3.8, 4) is 0 Å². The summed E-state index contributed by atoms with van der Waals surface area (Å²) in [4.78, 5) is 4.72. The van der Waals surface area contributed by atoms with Crippen LogP contribution in [-0.2, 0) is 0 Å². The number of piperazine rings is 1. The maximum Gasteiger partial charge on any atom is 0.0558 e. The summed E-state index contributed by atoms with van der Waals surface area (Å²) in [5.74, 6) is 0. The Hall–Kier alpha value is -0.380. The second kappa shape index (κ2) is 5.37. The van der Waals surface area contributed by atoms with Crippen LogP contribution in [0.4, 0.5) is 0 Å². The van der Waals surface area contributed by atoms with Gasteiger partial charge in [-0.15, -0.1) is 6.58 Å². The van der Waals surface area contributed by atoms with E-state index in [1.165, 1.54) is 0 Å². The molecule has 0 spiro atoms. The van der Waals surface area contributed by atoms with Crippen molar-refractivity contribution in [3.63, 3.8) is 0 Å². The van der Waals surface area contributed by atoms with Crippen molar-refractivity contribution in [1.29, 1.82) is 0 Å². The summed E-state index contributed by atoms with van der Waals surface area (Å²) in [5.41, 5.74) is 0. The molecule has 1 aliphatic rings. The van der Waals surface area contributed by atoms with Crippen LogP contribution in [0, 0.1) is 0 Å². The molecule has 0 amide bonds. The van der Waals surface area contributed by atoms with Gasteiger partial charge in [0, 0.05) is 38.8 Å². The van der Waals surface area contributed by atoms with Crippen molar-refractivity contribution < 1.29 is 5.11 Å². The Morgan fingerprint density at radius 2 is 2.00 bits per heavy atom. The van der Waals surface area contributed by atoms with Gasteiger partial charge < -0.3 is 5.11 Å². The zero-order valence-electron chi connectivity index (χ0n) is 8.45. The molecule has 1 fully saturated rings. The fraction of sp³-hybridized carbons (Fsp3) is 0.800. The molecule has 0 radical (unpaired) electrons. The van der Waals surface area contributed by atoms with E-state index in [2.05, 4.69) is 23.3 Å². The second-order valence-electron chi connectivity index (χ2n) is 3.58. The van der Waals surface area contributed by atoms with E-state index < -0.39 is 0 Å². The Balaban J connectivity index is 2.26. The van der Waals surface area contributed by atoms with Gasteiger partial charge in [0.1, 0.15) is 0 Å². The van der Waals surface area contributed by atoms with Crippen molar-refractivity contribution in [3.05, 3.63) is 12.7 Å². The molecule has 0 bridgehead atoms. The Morgan fingerprint density at radius 1 is 1.38 bits per heavy atom. The first kappa shape index (κ1) is 10.7. The Bertz CT molecular complexity index is 153. The van der Waals surface area contributed by atoms with E-state index in [-0.39, 0.29) is 6.61 Å². The van der Waals surface area contributed by atoms with E-state index in [9.17, 15) is 0 Å². The molecule has 76 valence electrons. The largest absolute Gasteiger partial charge is 0.395 e. The molecule has 0 aromatic heterocycles. The molecule has 3 nitrogen and oxygen atoms in total. The molecule has 3 heteroatoms. The van der Waals surface area contributed by atoms with Crippen molar-refractivity contribution in [1.82, 2.24) is 9.80 Å². The highest BCUT2D eigenvalue weighted by Crippen LogP contribution is 2.05. The molecule has 0 aromatic carbocycles. The average molecular weight is 184 g/mol. The first-order chi connectivity index (χ1) is 6.27. The predicted octanol–water partition coefficient (Wildman–Crippen LogP) is 0.171. The van der Waals surface area contributed by atoms with Crippen LogP contribution in [0.5, 0.6) is 0 Å². The molecule has 0 saturated carbocycles. The fourth-order valence-corrected chi connectivity index (χ4v) is 1.68. The van der Waals surface area contributed by atoms with Crippen LogP contribution in [0.25, 0.3) is 0 Å². The number of rotatable bonds is 4. The van der Waals surface area contributed by atoms with Gasteiger partial charge in [-0.2, -0.15) is 0 Å². The summed E-state index contributed by atoms with van der Waals surface area (Å²) >= 11 is 0. The quantitative estimate of drug-likeness (QED) is 0.631. The van der Waals surface area contributed by atoms with Crippen LogP contribution in [0.2, 0.25) is 0 Å². The molecule has 1 saturated heterocycles. The van der Waals surface area contributed by atoms with Gasteiger partial charge in [0.2, 0.25) is 0 Å². The van der Waals surface area contributed by atoms with Gasteiger partial charge in [-0.25, -0.2) is 0 Å². The molecule has 1 atom stereocenters. The lowest BCUT2D eigenvalue weighted by Gasteiger charge is -2.36. The van der Waals surface area contributed by atoms with E-state index in [4.69, 9.17) is 5.11 Å². The summed E-state index contributed by atoms with van der Waals surface area (Å²) < 4.78 is 0. The molecule has 0 aliphatic carbocycles. The minimum absolute atomic E-state index is 0.275. The minimum atomic E-state index is 0.275. The highest BCUT2D eigenvalue weighted by molar-refractivity contribution is 4.86. The van der Waals surface area contributed by atoms with Crippen LogP contribution in [-0.4, -0.2) is 60.3 Å². The topological polar surface area (TPSA) is 26.7 Å². The first-order valence-corrected chi connectivity index (χ1v) is 4.97. The summed E-state index contributed by atoms with van der Waals surface area (Å²) in [5, 5.41) is 8.77. The van der Waals surface area contributed by atoms with Gasteiger partial charge in [-0.3, -0.25) is 9.80 Å². The van der Waals surface area contributed by atoms with Crippen LogP contribution >= 0.6 is 0 Å². The lowest BCUT2D eigenvalue weighted by Crippen LogP contribution is -2.49. The monoisotopic (exact) mass is 184 g/mol. The molecule has 1 unspecified atom stereocenters. The maximum atomic E-state index is 8.77. The third-order valence-electron chi connectivity index (χ3n) is 2.74. The van der Waals surface area contributed by atoms with Crippen molar-refractivity contribution in [2.75, 3.05) is 39.3 Å². The van der Waals surface area contributed by atoms with Gasteiger partial charge >= 0.3 is 0 Å². The van der Waals surface area contributed by atoms with Crippen LogP contribution < -0.4 is 0 Å². The fourth-order valence-electron chi connectivity index (χ4n) is 1.68. The smallest absolute Gasteiger partial charge is 0.0558 e. The predicted molar refractivity (Wildman–Crippen MR) is 54.8 cm³/mol. The van der Waals surface area contributed by atoms with Gasteiger partial charge in [0.25, 0.3) is 0 Å². The van der Waals surface area contributed by atoms with Gasteiger partial charge in [-0.05, 0) is 6.92 Å². The SMILES string of the molecule is C=CC(C)N1CCN(CCO)CC1. The molecular weight excluding hydrogens is 164 g/mol. The standard InChI is InChI=1S/C10H20N2O/c1-3-10(2)12-6-4-11(5-7-12)8-9-13/h3,10,13H,1,4-9H2,2H3. The van der Waals surface area contributed by atoms with Crippen molar-refractivity contribution in [2.45, 2.75) is 13.0 Å². The number of nitrogens with zero attached hydrogens (tertiary/aromatic N) is 2. The van der Waals surface area contributed by atoms with Crippen LogP contribution in [0.15, 0.2) is 12.7 Å². The number of aliphatic hydroxyl groups is 1. The lowest BCUT2D eigenvalue weighted by atomic mass is 10.2. The lowest BCUT2D eigenvalue weighted by molar-refractivity contribution is 0.101. The normalized spacial score (nSPS) is 22.9. The van der Waals surface area contributed by atoms with E-state index >= 15 is 0 Å². The molecule has 1 aliphatic heterocycles. The van der Waals surface area contributed by atoms with Crippen molar-refractivity contribution in [2.24, 2.45) is 0 Å². The van der Waals surface area contributed by atoms with E-state index in [1.54, 1.807) is 0 Å². The first-order valence-electron chi connectivity index (χ1n) is 4.97. The van der Waals surface area contributed by atoms with Crippen molar-refractivity contribution >= 4 is 0 Å². The second-order valence-corrected chi connectivity index (χ2v) is 3.58.